The van der Waals surface area contributed by atoms with Crippen molar-refractivity contribution in [2.75, 3.05) is 25.0 Å². The minimum atomic E-state index is 0.559. The van der Waals surface area contributed by atoms with Crippen molar-refractivity contribution in [1.82, 2.24) is 19.9 Å². The van der Waals surface area contributed by atoms with Crippen LogP contribution in [0.4, 0.5) is 5.95 Å². The van der Waals surface area contributed by atoms with Crippen molar-refractivity contribution in [1.29, 1.82) is 0 Å². The van der Waals surface area contributed by atoms with Crippen LogP contribution in [0.5, 0.6) is 0 Å². The van der Waals surface area contributed by atoms with E-state index in [9.17, 15) is 0 Å². The lowest BCUT2D eigenvalue weighted by molar-refractivity contribution is 0.616. The number of rotatable bonds is 2. The Bertz CT molecular complexity index is 533. The molecule has 2 aromatic rings. The fraction of sp³-hybridized carbons (Fsp3) is 0.500. The molecule has 1 aliphatic heterocycles. The van der Waals surface area contributed by atoms with Crippen LogP contribution in [0.1, 0.15) is 12.0 Å². The van der Waals surface area contributed by atoms with Gasteiger partial charge in [0.2, 0.25) is 5.95 Å². The number of pyridine rings is 1. The molecule has 0 aliphatic carbocycles. The van der Waals surface area contributed by atoms with Crippen LogP contribution in [-0.2, 0) is 0 Å². The third-order valence-electron chi connectivity index (χ3n) is 3.36. The fourth-order valence-corrected chi connectivity index (χ4v) is 2.28. The highest BCUT2D eigenvalue weighted by atomic mass is 15.4. The van der Waals surface area contributed by atoms with Crippen LogP contribution >= 0.6 is 0 Å². The Labute approximate surface area is 100 Å². The Morgan fingerprint density at radius 2 is 2.35 bits per heavy atom. The van der Waals surface area contributed by atoms with Crippen LogP contribution in [0.3, 0.4) is 0 Å². The van der Waals surface area contributed by atoms with E-state index in [0.717, 1.165) is 31.1 Å². The second-order valence-corrected chi connectivity index (χ2v) is 4.64. The van der Waals surface area contributed by atoms with Crippen LogP contribution in [0.15, 0.2) is 18.3 Å². The van der Waals surface area contributed by atoms with E-state index in [4.69, 9.17) is 0 Å². The molecule has 1 N–H and O–H groups in total. The topological polar surface area (TPSA) is 45.5 Å². The summed E-state index contributed by atoms with van der Waals surface area (Å²) in [4.78, 5) is 6.81. The van der Waals surface area contributed by atoms with E-state index in [1.807, 2.05) is 23.8 Å². The lowest BCUT2D eigenvalue weighted by Crippen LogP contribution is -2.29. The number of nitrogens with zero attached hydrogens (tertiary/aromatic N) is 4. The highest BCUT2D eigenvalue weighted by Crippen LogP contribution is 2.17. The Kier molecular flexibility index (Phi) is 2.48. The van der Waals surface area contributed by atoms with Crippen LogP contribution in [-0.4, -0.2) is 40.8 Å². The molecule has 0 amide bonds. The minimum absolute atomic E-state index is 0.559. The van der Waals surface area contributed by atoms with Crippen molar-refractivity contribution >= 4 is 11.6 Å². The molecule has 5 heteroatoms. The van der Waals surface area contributed by atoms with Crippen molar-refractivity contribution in [3.8, 4) is 0 Å². The Balaban J connectivity index is 1.91. The van der Waals surface area contributed by atoms with Crippen LogP contribution in [0, 0.1) is 6.92 Å². The molecule has 3 rings (SSSR count). The van der Waals surface area contributed by atoms with Crippen LogP contribution < -0.4 is 10.2 Å². The van der Waals surface area contributed by atoms with Crippen molar-refractivity contribution < 1.29 is 0 Å². The van der Waals surface area contributed by atoms with Crippen molar-refractivity contribution in [2.24, 2.45) is 0 Å². The second-order valence-electron chi connectivity index (χ2n) is 4.64. The van der Waals surface area contributed by atoms with Gasteiger partial charge in [0.15, 0.2) is 5.65 Å². The molecule has 1 unspecified atom stereocenters. The highest BCUT2D eigenvalue weighted by molar-refractivity contribution is 5.46. The minimum Gasteiger partial charge on any atom is -0.338 e. The number of aromatic nitrogens is 3. The van der Waals surface area contributed by atoms with E-state index in [1.165, 1.54) is 5.56 Å². The van der Waals surface area contributed by atoms with E-state index < -0.39 is 0 Å². The Morgan fingerprint density at radius 3 is 3.12 bits per heavy atom. The lowest BCUT2D eigenvalue weighted by atomic mass is 10.3. The zero-order valence-electron chi connectivity index (χ0n) is 10.2. The first-order valence-electron chi connectivity index (χ1n) is 6.01. The normalized spacial score (nSPS) is 20.4. The molecule has 1 aliphatic rings. The molecule has 0 saturated carbocycles. The molecule has 3 heterocycles. The first-order chi connectivity index (χ1) is 8.26. The first-order valence-corrected chi connectivity index (χ1v) is 6.01. The van der Waals surface area contributed by atoms with Gasteiger partial charge in [0.25, 0.3) is 0 Å². The first kappa shape index (κ1) is 10.5. The van der Waals surface area contributed by atoms with Crippen molar-refractivity contribution in [2.45, 2.75) is 19.4 Å². The van der Waals surface area contributed by atoms with Gasteiger partial charge in [-0.3, -0.25) is 0 Å². The summed E-state index contributed by atoms with van der Waals surface area (Å²) in [6.07, 6.45) is 3.12. The molecule has 5 nitrogen and oxygen atoms in total. The third kappa shape index (κ3) is 1.86. The van der Waals surface area contributed by atoms with Crippen LogP contribution in [0.25, 0.3) is 5.65 Å². The summed E-state index contributed by atoms with van der Waals surface area (Å²) in [6, 6.07) is 4.66. The van der Waals surface area contributed by atoms with Gasteiger partial charge in [0.05, 0.1) is 0 Å². The van der Waals surface area contributed by atoms with Crippen molar-refractivity contribution in [3.05, 3.63) is 23.9 Å². The number of hydrogen-bond donors (Lipinski definition) is 1. The zero-order chi connectivity index (χ0) is 11.8. The smallest absolute Gasteiger partial charge is 0.245 e. The quantitative estimate of drug-likeness (QED) is 0.832. The number of hydrogen-bond acceptors (Lipinski definition) is 4. The van der Waals surface area contributed by atoms with Gasteiger partial charge in [-0.1, -0.05) is 0 Å². The monoisotopic (exact) mass is 231 g/mol. The van der Waals surface area contributed by atoms with E-state index in [0.29, 0.717) is 6.04 Å². The predicted octanol–water partition coefficient (Wildman–Crippen LogP) is 0.836. The molecule has 0 bridgehead atoms. The van der Waals surface area contributed by atoms with Gasteiger partial charge >= 0.3 is 0 Å². The van der Waals surface area contributed by atoms with Gasteiger partial charge in [-0.2, -0.15) is 4.98 Å². The standard InChI is InChI=1S/C12H17N5/c1-9-3-6-17-11(7-9)14-12(15-17)16-5-4-10(8-16)13-2/h3,6-7,10,13H,4-5,8H2,1-2H3. The summed E-state index contributed by atoms with van der Waals surface area (Å²) in [5.74, 6) is 0.841. The van der Waals surface area contributed by atoms with Gasteiger partial charge < -0.3 is 10.2 Å². The molecule has 1 saturated heterocycles. The SMILES string of the molecule is CNC1CCN(c2nc3cc(C)ccn3n2)C1. The second kappa shape index (κ2) is 4.00. The van der Waals surface area contributed by atoms with Gasteiger partial charge in [0.1, 0.15) is 0 Å². The molecule has 17 heavy (non-hydrogen) atoms. The number of aryl methyl sites for hydroxylation is 1. The highest BCUT2D eigenvalue weighted by Gasteiger charge is 2.23. The number of fused-ring (bicyclic) bond motifs is 1. The summed E-state index contributed by atoms with van der Waals surface area (Å²) in [7, 11) is 2.01. The lowest BCUT2D eigenvalue weighted by Gasteiger charge is -2.12. The molecule has 2 aromatic heterocycles. The maximum atomic E-state index is 4.57. The maximum Gasteiger partial charge on any atom is 0.245 e. The Hall–Kier alpha value is -1.62. The predicted molar refractivity (Wildman–Crippen MR) is 67.4 cm³/mol. The Morgan fingerprint density at radius 1 is 1.47 bits per heavy atom. The summed E-state index contributed by atoms with van der Waals surface area (Å²) >= 11 is 0. The van der Waals surface area contributed by atoms with Gasteiger partial charge in [-0.05, 0) is 38.1 Å². The summed E-state index contributed by atoms with van der Waals surface area (Å²) in [5, 5.41) is 7.81. The number of anilines is 1. The molecule has 1 fully saturated rings. The molecular formula is C12H17N5. The van der Waals surface area contributed by atoms with Crippen molar-refractivity contribution in [3.63, 3.8) is 0 Å². The third-order valence-corrected chi connectivity index (χ3v) is 3.36. The average Bonchev–Trinajstić information content (AvgIpc) is 2.93. The molecule has 0 aromatic carbocycles. The number of nitrogens with one attached hydrogen (secondary N) is 1. The van der Waals surface area contributed by atoms with Gasteiger partial charge in [-0.15, -0.1) is 5.10 Å². The van der Waals surface area contributed by atoms with E-state index in [-0.39, 0.29) is 0 Å². The maximum absolute atomic E-state index is 4.57. The van der Waals surface area contributed by atoms with Crippen LogP contribution in [0.2, 0.25) is 0 Å². The van der Waals surface area contributed by atoms with Gasteiger partial charge in [0, 0.05) is 25.3 Å². The summed E-state index contributed by atoms with van der Waals surface area (Å²) in [5.41, 5.74) is 2.14. The molecular weight excluding hydrogens is 214 g/mol. The van der Waals surface area contributed by atoms with E-state index in [2.05, 4.69) is 33.3 Å². The largest absolute Gasteiger partial charge is 0.338 e. The van der Waals surface area contributed by atoms with Gasteiger partial charge in [-0.25, -0.2) is 4.52 Å². The molecule has 1 atom stereocenters. The summed E-state index contributed by atoms with van der Waals surface area (Å²) in [6.45, 7) is 4.09. The average molecular weight is 231 g/mol. The summed E-state index contributed by atoms with van der Waals surface area (Å²) < 4.78 is 1.84. The zero-order valence-corrected chi connectivity index (χ0v) is 10.2. The molecule has 0 spiro atoms. The van der Waals surface area contributed by atoms with E-state index >= 15 is 0 Å². The molecule has 90 valence electrons. The molecule has 0 radical (unpaired) electrons. The number of likely N-dealkylation sites (N-methyl/N-ethyl adjacent to an activating group) is 1. The van der Waals surface area contributed by atoms with E-state index in [1.54, 1.807) is 0 Å². The fourth-order valence-electron chi connectivity index (χ4n) is 2.28.